The average molecular weight is 285 g/mol. The van der Waals surface area contributed by atoms with E-state index in [0.29, 0.717) is 6.54 Å². The minimum Gasteiger partial charge on any atom is -0.465 e. The Kier molecular flexibility index (Phi) is 3.64. The van der Waals surface area contributed by atoms with Crippen molar-refractivity contribution in [1.29, 1.82) is 0 Å². The summed E-state index contributed by atoms with van der Waals surface area (Å²) in [7, 11) is 0. The van der Waals surface area contributed by atoms with E-state index >= 15 is 0 Å². The van der Waals surface area contributed by atoms with Gasteiger partial charge >= 0.3 is 6.09 Å². The predicted octanol–water partition coefficient (Wildman–Crippen LogP) is 2.92. The SMILES string of the molecule is CCC1c2ncn(Cc3ccccc3)c2CCN1C(=O)O. The normalized spacial score (nSPS) is 17.6. The number of aromatic nitrogens is 2. The number of rotatable bonds is 3. The number of fused-ring (bicyclic) bond motifs is 1. The molecule has 5 heteroatoms. The number of hydrogen-bond acceptors (Lipinski definition) is 2. The van der Waals surface area contributed by atoms with Gasteiger partial charge in [0.15, 0.2) is 0 Å². The van der Waals surface area contributed by atoms with Crippen LogP contribution in [0.25, 0.3) is 0 Å². The van der Waals surface area contributed by atoms with Gasteiger partial charge in [-0.25, -0.2) is 9.78 Å². The summed E-state index contributed by atoms with van der Waals surface area (Å²) in [6.45, 7) is 3.33. The number of carboxylic acid groups (broad SMARTS) is 1. The van der Waals surface area contributed by atoms with Crippen LogP contribution in [0.4, 0.5) is 4.79 Å². The van der Waals surface area contributed by atoms with Crippen molar-refractivity contribution in [2.24, 2.45) is 0 Å². The molecular weight excluding hydrogens is 266 g/mol. The Balaban J connectivity index is 1.90. The van der Waals surface area contributed by atoms with Gasteiger partial charge in [-0.15, -0.1) is 0 Å². The molecule has 110 valence electrons. The number of hydrogen-bond donors (Lipinski definition) is 1. The molecule has 1 aromatic heterocycles. The van der Waals surface area contributed by atoms with Crippen LogP contribution in [0.2, 0.25) is 0 Å². The van der Waals surface area contributed by atoms with Crippen LogP contribution in [0.5, 0.6) is 0 Å². The van der Waals surface area contributed by atoms with Crippen molar-refractivity contribution in [2.75, 3.05) is 6.54 Å². The minimum absolute atomic E-state index is 0.122. The molecule has 1 atom stereocenters. The van der Waals surface area contributed by atoms with E-state index in [1.165, 1.54) is 16.2 Å². The minimum atomic E-state index is -0.856. The first-order chi connectivity index (χ1) is 10.2. The van der Waals surface area contributed by atoms with E-state index in [-0.39, 0.29) is 6.04 Å². The molecule has 2 aromatic rings. The topological polar surface area (TPSA) is 58.4 Å². The monoisotopic (exact) mass is 285 g/mol. The molecule has 1 amide bonds. The summed E-state index contributed by atoms with van der Waals surface area (Å²) in [4.78, 5) is 17.3. The third-order valence-electron chi connectivity index (χ3n) is 4.09. The molecule has 1 aliphatic heterocycles. The molecule has 0 radical (unpaired) electrons. The van der Waals surface area contributed by atoms with Crippen LogP contribution in [0, 0.1) is 0 Å². The maximum Gasteiger partial charge on any atom is 0.407 e. The van der Waals surface area contributed by atoms with E-state index in [1.54, 1.807) is 0 Å². The highest BCUT2D eigenvalue weighted by atomic mass is 16.4. The summed E-state index contributed by atoms with van der Waals surface area (Å²) >= 11 is 0. The Bertz CT molecular complexity index is 636. The molecule has 1 N–H and O–H groups in total. The standard InChI is InChI=1S/C16H19N3O2/c1-2-13-15-14(8-9-19(13)16(20)21)18(11-17-15)10-12-6-4-3-5-7-12/h3-7,11,13H,2,8-10H2,1H3,(H,20,21). The van der Waals surface area contributed by atoms with Crippen molar-refractivity contribution in [3.05, 3.63) is 53.6 Å². The molecule has 0 aliphatic carbocycles. The van der Waals surface area contributed by atoms with Gasteiger partial charge in [0, 0.05) is 25.2 Å². The highest BCUT2D eigenvalue weighted by Gasteiger charge is 2.32. The summed E-state index contributed by atoms with van der Waals surface area (Å²) in [6, 6.07) is 10.1. The van der Waals surface area contributed by atoms with Crippen LogP contribution in [0.1, 0.15) is 36.3 Å². The second-order valence-electron chi connectivity index (χ2n) is 5.34. The van der Waals surface area contributed by atoms with Crippen LogP contribution in [-0.4, -0.2) is 32.2 Å². The van der Waals surface area contributed by atoms with Crippen LogP contribution < -0.4 is 0 Å². The lowest BCUT2D eigenvalue weighted by atomic mass is 10.0. The fourth-order valence-corrected chi connectivity index (χ4v) is 3.06. The molecule has 1 unspecified atom stereocenters. The Labute approximate surface area is 123 Å². The van der Waals surface area contributed by atoms with Gasteiger partial charge in [0.1, 0.15) is 0 Å². The van der Waals surface area contributed by atoms with Gasteiger partial charge in [-0.1, -0.05) is 37.3 Å². The molecule has 0 saturated carbocycles. The lowest BCUT2D eigenvalue weighted by molar-refractivity contribution is 0.116. The number of amides is 1. The number of nitrogens with zero attached hydrogens (tertiary/aromatic N) is 3. The first-order valence-electron chi connectivity index (χ1n) is 7.28. The van der Waals surface area contributed by atoms with E-state index in [4.69, 9.17) is 0 Å². The first kappa shape index (κ1) is 13.7. The third-order valence-corrected chi connectivity index (χ3v) is 4.09. The molecule has 3 rings (SSSR count). The van der Waals surface area contributed by atoms with Gasteiger partial charge in [-0.3, -0.25) is 4.90 Å². The Morgan fingerprint density at radius 1 is 1.38 bits per heavy atom. The molecule has 0 saturated heterocycles. The summed E-state index contributed by atoms with van der Waals surface area (Å²) in [5.74, 6) is 0. The number of imidazole rings is 1. The molecule has 1 aliphatic rings. The maximum atomic E-state index is 11.3. The van der Waals surface area contributed by atoms with Crippen molar-refractivity contribution in [3.63, 3.8) is 0 Å². The second kappa shape index (κ2) is 5.60. The lowest BCUT2D eigenvalue weighted by Gasteiger charge is -2.32. The van der Waals surface area contributed by atoms with Crippen molar-refractivity contribution >= 4 is 6.09 Å². The first-order valence-corrected chi connectivity index (χ1v) is 7.28. The average Bonchev–Trinajstić information content (AvgIpc) is 2.90. The fraction of sp³-hybridized carbons (Fsp3) is 0.375. The van der Waals surface area contributed by atoms with Crippen LogP contribution in [-0.2, 0) is 13.0 Å². The molecular formula is C16H19N3O2. The molecule has 21 heavy (non-hydrogen) atoms. The van der Waals surface area contributed by atoms with E-state index in [1.807, 2.05) is 31.5 Å². The van der Waals surface area contributed by atoms with Gasteiger partial charge in [0.05, 0.1) is 18.1 Å². The summed E-state index contributed by atoms with van der Waals surface area (Å²) in [5.41, 5.74) is 3.32. The molecule has 0 fully saturated rings. The molecule has 5 nitrogen and oxygen atoms in total. The predicted molar refractivity (Wildman–Crippen MR) is 79.2 cm³/mol. The van der Waals surface area contributed by atoms with E-state index in [0.717, 1.165) is 25.1 Å². The summed E-state index contributed by atoms with van der Waals surface area (Å²) in [6.07, 6.45) is 2.46. The lowest BCUT2D eigenvalue weighted by Crippen LogP contribution is -2.39. The highest BCUT2D eigenvalue weighted by Crippen LogP contribution is 2.31. The van der Waals surface area contributed by atoms with Gasteiger partial charge in [-0.2, -0.15) is 0 Å². The van der Waals surface area contributed by atoms with E-state index < -0.39 is 6.09 Å². The van der Waals surface area contributed by atoms with Crippen LogP contribution >= 0.6 is 0 Å². The van der Waals surface area contributed by atoms with Crippen LogP contribution in [0.15, 0.2) is 36.7 Å². The third kappa shape index (κ3) is 2.51. The number of carbonyl (C=O) groups is 1. The largest absolute Gasteiger partial charge is 0.465 e. The Hall–Kier alpha value is -2.30. The van der Waals surface area contributed by atoms with Crippen molar-refractivity contribution in [2.45, 2.75) is 32.4 Å². The van der Waals surface area contributed by atoms with Crippen molar-refractivity contribution < 1.29 is 9.90 Å². The Morgan fingerprint density at radius 2 is 2.14 bits per heavy atom. The van der Waals surface area contributed by atoms with Crippen molar-refractivity contribution in [3.8, 4) is 0 Å². The van der Waals surface area contributed by atoms with Gasteiger partial charge < -0.3 is 9.67 Å². The second-order valence-corrected chi connectivity index (χ2v) is 5.34. The quantitative estimate of drug-likeness (QED) is 0.943. The molecule has 0 spiro atoms. The highest BCUT2D eigenvalue weighted by molar-refractivity contribution is 5.66. The Morgan fingerprint density at radius 3 is 2.81 bits per heavy atom. The van der Waals surface area contributed by atoms with Crippen LogP contribution in [0.3, 0.4) is 0 Å². The molecule has 0 bridgehead atoms. The zero-order valence-corrected chi connectivity index (χ0v) is 12.1. The zero-order valence-electron chi connectivity index (χ0n) is 12.1. The van der Waals surface area contributed by atoms with E-state index in [9.17, 15) is 9.90 Å². The molecule has 1 aromatic carbocycles. The smallest absolute Gasteiger partial charge is 0.407 e. The van der Waals surface area contributed by atoms with Gasteiger partial charge in [-0.05, 0) is 12.0 Å². The van der Waals surface area contributed by atoms with Gasteiger partial charge in [0.2, 0.25) is 0 Å². The number of benzene rings is 1. The van der Waals surface area contributed by atoms with Crippen molar-refractivity contribution in [1.82, 2.24) is 14.5 Å². The molecule has 2 heterocycles. The fourth-order valence-electron chi connectivity index (χ4n) is 3.06. The summed E-state index contributed by atoms with van der Waals surface area (Å²) in [5, 5.41) is 9.30. The van der Waals surface area contributed by atoms with E-state index in [2.05, 4.69) is 21.7 Å². The van der Waals surface area contributed by atoms with Gasteiger partial charge in [0.25, 0.3) is 0 Å². The summed E-state index contributed by atoms with van der Waals surface area (Å²) < 4.78 is 2.15. The maximum absolute atomic E-state index is 11.3. The zero-order chi connectivity index (χ0) is 14.8.